The van der Waals surface area contributed by atoms with Crippen molar-refractivity contribution in [2.45, 2.75) is 38.3 Å². The van der Waals surface area contributed by atoms with Crippen LogP contribution in [0.5, 0.6) is 0 Å². The first kappa shape index (κ1) is 18.2. The first-order chi connectivity index (χ1) is 12.5. The van der Waals surface area contributed by atoms with Crippen LogP contribution >= 0.6 is 0 Å². The van der Waals surface area contributed by atoms with Gasteiger partial charge in [0.1, 0.15) is 6.61 Å². The third-order valence-corrected chi connectivity index (χ3v) is 5.19. The molecule has 0 aromatic heterocycles. The van der Waals surface area contributed by atoms with Gasteiger partial charge in [-0.05, 0) is 24.8 Å². The number of hydrogen-bond donors (Lipinski definition) is 0. The number of imide groups is 1. The molecule has 2 aliphatic rings. The number of amides is 3. The van der Waals surface area contributed by atoms with Crippen LogP contribution in [0.4, 0.5) is 9.59 Å². The number of carbonyl (C=O) groups excluding carboxylic acids is 3. The molecule has 3 amide bonds. The van der Waals surface area contributed by atoms with Crippen molar-refractivity contribution in [1.82, 2.24) is 9.80 Å². The summed E-state index contributed by atoms with van der Waals surface area (Å²) >= 11 is 0. The molecule has 3 atom stereocenters. The molecule has 7 nitrogen and oxygen atoms in total. The third-order valence-electron chi connectivity index (χ3n) is 5.19. The molecule has 0 N–H and O–H groups in total. The predicted octanol–water partition coefficient (Wildman–Crippen LogP) is 2.44. The normalized spacial score (nSPS) is 23.7. The van der Waals surface area contributed by atoms with Gasteiger partial charge in [-0.15, -0.1) is 0 Å². The lowest BCUT2D eigenvalue weighted by Gasteiger charge is -2.30. The van der Waals surface area contributed by atoms with Gasteiger partial charge in [-0.25, -0.2) is 14.5 Å². The molecule has 1 aromatic carbocycles. The van der Waals surface area contributed by atoms with Gasteiger partial charge in [-0.3, -0.25) is 4.79 Å². The van der Waals surface area contributed by atoms with Crippen LogP contribution in [-0.2, 0) is 20.7 Å². The van der Waals surface area contributed by atoms with Crippen LogP contribution in [0.25, 0.3) is 0 Å². The molecule has 2 heterocycles. The summed E-state index contributed by atoms with van der Waals surface area (Å²) in [5, 5.41) is 0. The molecule has 0 aliphatic carbocycles. The van der Waals surface area contributed by atoms with Crippen molar-refractivity contribution in [3.05, 3.63) is 35.9 Å². The zero-order chi connectivity index (χ0) is 18.7. The molecule has 0 radical (unpaired) electrons. The number of methoxy groups -OCH3 is 1. The van der Waals surface area contributed by atoms with E-state index >= 15 is 0 Å². The van der Waals surface area contributed by atoms with Crippen LogP contribution in [0.2, 0.25) is 0 Å². The lowest BCUT2D eigenvalue weighted by atomic mass is 9.96. The molecule has 0 spiro atoms. The lowest BCUT2D eigenvalue weighted by molar-refractivity contribution is -0.134. The molecule has 140 valence electrons. The second kappa shape index (κ2) is 7.76. The van der Waals surface area contributed by atoms with Crippen LogP contribution in [0.3, 0.4) is 0 Å². The molecule has 2 fully saturated rings. The Labute approximate surface area is 152 Å². The van der Waals surface area contributed by atoms with Gasteiger partial charge >= 0.3 is 12.2 Å². The van der Waals surface area contributed by atoms with Gasteiger partial charge < -0.3 is 14.4 Å². The van der Waals surface area contributed by atoms with E-state index in [0.717, 1.165) is 12.0 Å². The fourth-order valence-corrected chi connectivity index (χ4v) is 3.81. The summed E-state index contributed by atoms with van der Waals surface area (Å²) in [5.41, 5.74) is 1.04. The smallest absolute Gasteiger partial charge is 0.416 e. The Bertz CT molecular complexity index is 678. The van der Waals surface area contributed by atoms with Crippen LogP contribution in [0.1, 0.15) is 25.3 Å². The Hall–Kier alpha value is -2.57. The van der Waals surface area contributed by atoms with Crippen molar-refractivity contribution in [2.75, 3.05) is 20.3 Å². The number of hydrogen-bond acceptors (Lipinski definition) is 5. The van der Waals surface area contributed by atoms with Crippen LogP contribution in [0, 0.1) is 5.92 Å². The highest BCUT2D eigenvalue weighted by Crippen LogP contribution is 2.28. The highest BCUT2D eigenvalue weighted by atomic mass is 16.6. The summed E-state index contributed by atoms with van der Waals surface area (Å²) in [6.07, 6.45) is 1.04. The van der Waals surface area contributed by atoms with Crippen molar-refractivity contribution >= 4 is 18.1 Å². The van der Waals surface area contributed by atoms with Gasteiger partial charge in [0, 0.05) is 12.6 Å². The Kier molecular flexibility index (Phi) is 5.44. The maximum absolute atomic E-state index is 13.0. The molecule has 7 heteroatoms. The molecular weight excluding hydrogens is 336 g/mol. The number of nitrogens with zero attached hydrogens (tertiary/aromatic N) is 2. The highest BCUT2D eigenvalue weighted by molar-refractivity contribution is 5.95. The Morgan fingerprint density at radius 1 is 1.31 bits per heavy atom. The maximum atomic E-state index is 13.0. The first-order valence-electron chi connectivity index (χ1n) is 8.91. The minimum absolute atomic E-state index is 0.192. The van der Waals surface area contributed by atoms with Gasteiger partial charge in [0.2, 0.25) is 5.91 Å². The van der Waals surface area contributed by atoms with Crippen molar-refractivity contribution in [1.29, 1.82) is 0 Å². The van der Waals surface area contributed by atoms with E-state index in [-0.39, 0.29) is 24.6 Å². The van der Waals surface area contributed by atoms with Crippen molar-refractivity contribution in [2.24, 2.45) is 5.92 Å². The SMILES string of the molecule is COC(=O)N1CCC[C@H]1[C@H](C)C(=O)N1C(=O)OC[C@H]1Cc1ccccc1. The van der Waals surface area contributed by atoms with Gasteiger partial charge in [0.25, 0.3) is 0 Å². The molecule has 3 rings (SSSR count). The summed E-state index contributed by atoms with van der Waals surface area (Å²) in [6.45, 7) is 2.52. The minimum Gasteiger partial charge on any atom is -0.453 e. The van der Waals surface area contributed by atoms with Crippen molar-refractivity contribution in [3.63, 3.8) is 0 Å². The zero-order valence-electron chi connectivity index (χ0n) is 15.1. The topological polar surface area (TPSA) is 76.2 Å². The summed E-state index contributed by atoms with van der Waals surface area (Å²) < 4.78 is 9.95. The number of likely N-dealkylation sites (tertiary alicyclic amines) is 1. The molecule has 1 aromatic rings. The molecule has 0 bridgehead atoms. The fourth-order valence-electron chi connectivity index (χ4n) is 3.81. The van der Waals surface area contributed by atoms with Gasteiger partial charge in [0.05, 0.1) is 19.1 Å². The summed E-state index contributed by atoms with van der Waals surface area (Å²) in [5.74, 6) is -0.797. The Morgan fingerprint density at radius 2 is 2.04 bits per heavy atom. The number of benzene rings is 1. The number of ether oxygens (including phenoxy) is 2. The van der Waals surface area contributed by atoms with E-state index in [0.29, 0.717) is 19.4 Å². The van der Waals surface area contributed by atoms with Crippen molar-refractivity contribution in [3.8, 4) is 0 Å². The lowest BCUT2D eigenvalue weighted by Crippen LogP contribution is -2.49. The standard InChI is InChI=1S/C19H24N2O5/c1-13(16-9-6-10-20(16)18(23)25-2)17(22)21-15(12-26-19(21)24)11-14-7-4-3-5-8-14/h3-5,7-8,13,15-16H,6,9-12H2,1-2H3/t13-,15+,16-/m0/s1. The first-order valence-corrected chi connectivity index (χ1v) is 8.91. The second-order valence-electron chi connectivity index (χ2n) is 6.79. The van der Waals surface area contributed by atoms with E-state index in [9.17, 15) is 14.4 Å². The van der Waals surface area contributed by atoms with Crippen LogP contribution in [-0.4, -0.2) is 60.2 Å². The molecule has 0 saturated carbocycles. The number of rotatable bonds is 4. The number of cyclic esters (lactones) is 1. The van der Waals surface area contributed by atoms with E-state index in [4.69, 9.17) is 9.47 Å². The molecule has 26 heavy (non-hydrogen) atoms. The highest BCUT2D eigenvalue weighted by Gasteiger charge is 2.44. The summed E-state index contributed by atoms with van der Waals surface area (Å²) in [6, 6.07) is 9.11. The molecular formula is C19H24N2O5. The van der Waals surface area contributed by atoms with E-state index in [1.165, 1.54) is 12.0 Å². The summed E-state index contributed by atoms with van der Waals surface area (Å²) in [7, 11) is 1.33. The predicted molar refractivity (Wildman–Crippen MR) is 93.4 cm³/mol. The van der Waals surface area contributed by atoms with E-state index in [2.05, 4.69) is 0 Å². The van der Waals surface area contributed by atoms with E-state index in [1.807, 2.05) is 30.3 Å². The summed E-state index contributed by atoms with van der Waals surface area (Å²) in [4.78, 5) is 40.0. The quantitative estimate of drug-likeness (QED) is 0.824. The number of carbonyl (C=O) groups is 3. The zero-order valence-corrected chi connectivity index (χ0v) is 15.1. The second-order valence-corrected chi connectivity index (χ2v) is 6.79. The monoisotopic (exact) mass is 360 g/mol. The molecule has 2 aliphatic heterocycles. The molecule has 2 saturated heterocycles. The third kappa shape index (κ3) is 3.52. The van der Waals surface area contributed by atoms with E-state index < -0.39 is 18.1 Å². The fraction of sp³-hybridized carbons (Fsp3) is 0.526. The van der Waals surface area contributed by atoms with Gasteiger partial charge in [0.15, 0.2) is 0 Å². The average Bonchev–Trinajstić information content (AvgIpc) is 3.28. The molecule has 0 unspecified atom stereocenters. The van der Waals surface area contributed by atoms with E-state index in [1.54, 1.807) is 11.8 Å². The minimum atomic E-state index is -0.606. The van der Waals surface area contributed by atoms with Crippen molar-refractivity contribution < 1.29 is 23.9 Å². The van der Waals surface area contributed by atoms with Gasteiger partial charge in [-0.2, -0.15) is 0 Å². The largest absolute Gasteiger partial charge is 0.453 e. The Morgan fingerprint density at radius 3 is 2.73 bits per heavy atom. The van der Waals surface area contributed by atoms with Crippen LogP contribution in [0.15, 0.2) is 30.3 Å². The van der Waals surface area contributed by atoms with Crippen LogP contribution < -0.4 is 0 Å². The average molecular weight is 360 g/mol. The maximum Gasteiger partial charge on any atom is 0.416 e. The Balaban J connectivity index is 1.73. The van der Waals surface area contributed by atoms with Gasteiger partial charge in [-0.1, -0.05) is 37.3 Å².